The molecule has 4 heterocycles. The van der Waals surface area contributed by atoms with Crippen molar-refractivity contribution in [2.45, 2.75) is 105 Å². The average Bonchev–Trinajstić information content (AvgIpc) is 3.51. The standard InChI is InChI=1S/C14H21Br2N3O2.C14H22BrN3O2/c1-13(2,3)21-12(20)19-7-14(4,5)6-8(19)11-17-9(15)10(16)18-11;1-13(2,3)20-12(19)18-8-14(4,5)6-9(18)11-16-7-10(15)17-11/h8H,6-7H2,1-5H3,(H,17,18);7,9H,6,8H2,1-5H3,(H,16,17)/t8-;9-/m00/s1. The molecule has 0 unspecified atom stereocenters. The third kappa shape index (κ3) is 9.44. The molecule has 2 aliphatic heterocycles. The van der Waals surface area contributed by atoms with Crippen LogP contribution in [-0.4, -0.2) is 66.2 Å². The van der Waals surface area contributed by atoms with Gasteiger partial charge in [0.1, 0.15) is 36.7 Å². The molecule has 2 aromatic heterocycles. The second kappa shape index (κ2) is 12.2. The maximum absolute atomic E-state index is 12.5. The number of hydrogen-bond donors (Lipinski definition) is 2. The highest BCUT2D eigenvalue weighted by Crippen LogP contribution is 2.44. The highest BCUT2D eigenvalue weighted by atomic mass is 79.9. The fourth-order valence-corrected chi connectivity index (χ4v) is 5.93. The Balaban J connectivity index is 0.000000226. The molecule has 2 saturated heterocycles. The van der Waals surface area contributed by atoms with Crippen molar-refractivity contribution in [3.8, 4) is 0 Å². The number of imidazole rings is 2. The van der Waals surface area contributed by atoms with Crippen molar-refractivity contribution < 1.29 is 19.1 Å². The molecule has 4 rings (SSSR count). The molecule has 13 heteroatoms. The van der Waals surface area contributed by atoms with Gasteiger partial charge < -0.3 is 19.4 Å². The fraction of sp³-hybridized carbons (Fsp3) is 0.714. The first kappa shape index (κ1) is 33.9. The first-order chi connectivity index (χ1) is 18.6. The number of nitrogens with zero attached hydrogens (tertiary/aromatic N) is 4. The summed E-state index contributed by atoms with van der Waals surface area (Å²) < 4.78 is 13.4. The van der Waals surface area contributed by atoms with Crippen molar-refractivity contribution in [2.75, 3.05) is 13.1 Å². The third-order valence-corrected chi connectivity index (χ3v) is 8.61. The number of H-pyrrole nitrogens is 2. The zero-order valence-corrected chi connectivity index (χ0v) is 30.4. The summed E-state index contributed by atoms with van der Waals surface area (Å²) >= 11 is 10.1. The normalized spacial score (nSPS) is 21.9. The summed E-state index contributed by atoms with van der Waals surface area (Å²) in [7, 11) is 0. The van der Waals surface area contributed by atoms with E-state index >= 15 is 0 Å². The summed E-state index contributed by atoms with van der Waals surface area (Å²) in [6, 6.07) is -0.163. The van der Waals surface area contributed by atoms with Crippen LogP contribution in [0.25, 0.3) is 0 Å². The van der Waals surface area contributed by atoms with Gasteiger partial charge in [0, 0.05) is 13.1 Å². The topological polar surface area (TPSA) is 116 Å². The lowest BCUT2D eigenvalue weighted by Gasteiger charge is -2.28. The zero-order chi connectivity index (χ0) is 31.1. The Labute approximate surface area is 268 Å². The van der Waals surface area contributed by atoms with Crippen LogP contribution in [0.2, 0.25) is 0 Å². The molecular weight excluding hydrogens is 724 g/mol. The first-order valence-electron chi connectivity index (χ1n) is 13.7. The van der Waals surface area contributed by atoms with Gasteiger partial charge in [0.15, 0.2) is 0 Å². The summed E-state index contributed by atoms with van der Waals surface area (Å²) in [4.78, 5) is 43.5. The van der Waals surface area contributed by atoms with E-state index in [1.165, 1.54) is 0 Å². The molecule has 230 valence electrons. The molecule has 2 N–H and O–H groups in total. The summed E-state index contributed by atoms with van der Waals surface area (Å²) in [5, 5.41) is 0. The lowest BCUT2D eigenvalue weighted by molar-refractivity contribution is 0.0197. The Morgan fingerprint density at radius 3 is 1.61 bits per heavy atom. The monoisotopic (exact) mass is 764 g/mol. The lowest BCUT2D eigenvalue weighted by atomic mass is 9.90. The molecule has 2 aliphatic rings. The minimum atomic E-state index is -0.501. The molecule has 0 radical (unpaired) electrons. The van der Waals surface area contributed by atoms with Crippen molar-refractivity contribution in [1.82, 2.24) is 29.7 Å². The fourth-order valence-electron chi connectivity index (χ4n) is 5.04. The SMILES string of the molecule is CC1(C)C[C@@H](c2nc(Br)c(Br)[nH]2)N(C(=O)OC(C)(C)C)C1.CC1(C)C[C@@H](c2ncc(Br)[nH]2)N(C(=O)OC(C)(C)C)C1. The van der Waals surface area contributed by atoms with Gasteiger partial charge in [0.2, 0.25) is 0 Å². The van der Waals surface area contributed by atoms with E-state index in [1.807, 2.05) is 41.5 Å². The van der Waals surface area contributed by atoms with E-state index < -0.39 is 11.2 Å². The number of likely N-dealkylation sites (tertiary alicyclic amines) is 2. The number of aromatic amines is 2. The summed E-state index contributed by atoms with van der Waals surface area (Å²) in [5.41, 5.74) is -0.898. The minimum Gasteiger partial charge on any atom is -0.444 e. The molecule has 2 atom stereocenters. The predicted molar refractivity (Wildman–Crippen MR) is 168 cm³/mol. The van der Waals surface area contributed by atoms with E-state index in [2.05, 4.69) is 95.4 Å². The van der Waals surface area contributed by atoms with Crippen LogP contribution in [0.15, 0.2) is 20.0 Å². The van der Waals surface area contributed by atoms with Crippen LogP contribution in [0.5, 0.6) is 0 Å². The van der Waals surface area contributed by atoms with Gasteiger partial charge in [0.05, 0.1) is 18.3 Å². The molecule has 0 bridgehead atoms. The lowest BCUT2D eigenvalue weighted by Crippen LogP contribution is -2.37. The minimum absolute atomic E-state index is 0.0350. The largest absolute Gasteiger partial charge is 0.444 e. The number of carbonyl (C=O) groups excluding carboxylic acids is 2. The number of nitrogens with one attached hydrogen (secondary N) is 2. The predicted octanol–water partition coefficient (Wildman–Crippen LogP) is 8.52. The number of halogens is 3. The summed E-state index contributed by atoms with van der Waals surface area (Å²) in [6.07, 6.45) is 2.86. The van der Waals surface area contributed by atoms with E-state index in [0.29, 0.717) is 17.7 Å². The Hall–Kier alpha value is -1.60. The Bertz CT molecular complexity index is 1220. The molecule has 0 aliphatic carbocycles. The third-order valence-electron chi connectivity index (χ3n) is 6.53. The van der Waals surface area contributed by atoms with Crippen LogP contribution >= 0.6 is 47.8 Å². The highest BCUT2D eigenvalue weighted by molar-refractivity contribution is 9.13. The number of aromatic nitrogens is 4. The highest BCUT2D eigenvalue weighted by Gasteiger charge is 2.45. The summed E-state index contributed by atoms with van der Waals surface area (Å²) in [6.45, 7) is 21.2. The van der Waals surface area contributed by atoms with Crippen LogP contribution < -0.4 is 0 Å². The van der Waals surface area contributed by atoms with Crippen molar-refractivity contribution in [2.24, 2.45) is 10.8 Å². The van der Waals surface area contributed by atoms with E-state index in [0.717, 1.165) is 33.7 Å². The van der Waals surface area contributed by atoms with Crippen LogP contribution in [0.3, 0.4) is 0 Å². The number of ether oxygens (including phenoxy) is 2. The molecule has 0 aromatic carbocycles. The van der Waals surface area contributed by atoms with E-state index in [4.69, 9.17) is 9.47 Å². The smallest absolute Gasteiger partial charge is 0.410 e. The molecular formula is C28H43Br3N6O4. The Kier molecular flexibility index (Phi) is 10.1. The number of hydrogen-bond acceptors (Lipinski definition) is 6. The molecule has 0 saturated carbocycles. The number of carbonyl (C=O) groups is 2. The molecule has 2 fully saturated rings. The van der Waals surface area contributed by atoms with Crippen LogP contribution in [0.4, 0.5) is 9.59 Å². The number of rotatable bonds is 2. The average molecular weight is 767 g/mol. The van der Waals surface area contributed by atoms with Crippen LogP contribution in [0, 0.1) is 10.8 Å². The van der Waals surface area contributed by atoms with E-state index in [-0.39, 0.29) is 35.1 Å². The van der Waals surface area contributed by atoms with Crippen LogP contribution in [-0.2, 0) is 9.47 Å². The molecule has 2 aromatic rings. The van der Waals surface area contributed by atoms with Gasteiger partial charge in [-0.15, -0.1) is 0 Å². The van der Waals surface area contributed by atoms with Crippen molar-refractivity contribution in [3.05, 3.63) is 31.7 Å². The van der Waals surface area contributed by atoms with E-state index in [9.17, 15) is 9.59 Å². The zero-order valence-electron chi connectivity index (χ0n) is 25.6. The maximum atomic E-state index is 12.5. The van der Waals surface area contributed by atoms with E-state index in [1.54, 1.807) is 16.0 Å². The van der Waals surface area contributed by atoms with Gasteiger partial charge in [-0.1, -0.05) is 27.7 Å². The van der Waals surface area contributed by atoms with Crippen molar-refractivity contribution in [1.29, 1.82) is 0 Å². The second-order valence-electron chi connectivity index (χ2n) is 14.3. The second-order valence-corrected chi connectivity index (χ2v) is 16.7. The molecule has 10 nitrogen and oxygen atoms in total. The van der Waals surface area contributed by atoms with Gasteiger partial charge in [-0.3, -0.25) is 9.80 Å². The number of amides is 2. The molecule has 2 amide bonds. The molecule has 0 spiro atoms. The maximum Gasteiger partial charge on any atom is 0.410 e. The molecule has 41 heavy (non-hydrogen) atoms. The van der Waals surface area contributed by atoms with Gasteiger partial charge in [-0.2, -0.15) is 0 Å². The van der Waals surface area contributed by atoms with Crippen molar-refractivity contribution in [3.63, 3.8) is 0 Å². The first-order valence-corrected chi connectivity index (χ1v) is 16.0. The van der Waals surface area contributed by atoms with Crippen molar-refractivity contribution >= 4 is 60.0 Å². The van der Waals surface area contributed by atoms with Gasteiger partial charge in [0.25, 0.3) is 0 Å². The Morgan fingerprint density at radius 2 is 1.27 bits per heavy atom. The summed E-state index contributed by atoms with van der Waals surface area (Å²) in [5.74, 6) is 1.57. The van der Waals surface area contributed by atoms with Gasteiger partial charge in [-0.05, 0) is 113 Å². The van der Waals surface area contributed by atoms with Gasteiger partial charge >= 0.3 is 12.2 Å². The van der Waals surface area contributed by atoms with Crippen LogP contribution in [0.1, 0.15) is 106 Å². The Morgan fingerprint density at radius 1 is 0.829 bits per heavy atom. The quantitative estimate of drug-likeness (QED) is 0.317. The van der Waals surface area contributed by atoms with Gasteiger partial charge in [-0.25, -0.2) is 19.6 Å².